The Kier molecular flexibility index (Phi) is 6.39. The smallest absolute Gasteiger partial charge is 0.406 e. The highest BCUT2D eigenvalue weighted by Crippen LogP contribution is 2.36. The molecule has 0 amide bonds. The lowest BCUT2D eigenvalue weighted by atomic mass is 10.1. The lowest BCUT2D eigenvalue weighted by Crippen LogP contribution is -2.35. The lowest BCUT2D eigenvalue weighted by Gasteiger charge is -2.13. The highest BCUT2D eigenvalue weighted by Gasteiger charge is 2.31. The first-order valence-electron chi connectivity index (χ1n) is 9.66. The van der Waals surface area contributed by atoms with E-state index in [2.05, 4.69) is 20.3 Å². The third-order valence-electron chi connectivity index (χ3n) is 4.50. The van der Waals surface area contributed by atoms with Crippen molar-refractivity contribution in [1.82, 2.24) is 9.29 Å². The van der Waals surface area contributed by atoms with E-state index >= 15 is 0 Å². The molecule has 0 aliphatic carbocycles. The van der Waals surface area contributed by atoms with Crippen LogP contribution in [0.5, 0.6) is 5.75 Å². The van der Waals surface area contributed by atoms with Gasteiger partial charge in [-0.1, -0.05) is 12.1 Å². The summed E-state index contributed by atoms with van der Waals surface area (Å²) in [5.41, 5.74) is 2.17. The van der Waals surface area contributed by atoms with Gasteiger partial charge in [-0.3, -0.25) is 4.72 Å². The Balaban J connectivity index is 2.05. The first kappa shape index (κ1) is 23.4. The zero-order chi connectivity index (χ0) is 23.7. The van der Waals surface area contributed by atoms with E-state index < -0.39 is 16.6 Å². The molecule has 7 nitrogen and oxygen atoms in total. The fourth-order valence-electron chi connectivity index (χ4n) is 3.46. The molecule has 0 atom stereocenters. The van der Waals surface area contributed by atoms with Crippen LogP contribution < -0.4 is 14.2 Å². The minimum atomic E-state index is -4.83. The summed E-state index contributed by atoms with van der Waals surface area (Å²) in [6.07, 6.45) is -4.83. The standard InChI is InChI=1S/C21H21F3N4O3S/c1-4-28-19-11-16(31-21(22,23)24)9-10-17(19)18(12-25)20(28)14-5-7-15(8-6-14)27-32(29,30)26-13(2)3/h5-11,13,26-27H,4H2,1-3H3. The highest BCUT2D eigenvalue weighted by atomic mass is 32.2. The third-order valence-corrected chi connectivity index (χ3v) is 5.79. The van der Waals surface area contributed by atoms with Gasteiger partial charge in [0.25, 0.3) is 10.2 Å². The summed E-state index contributed by atoms with van der Waals surface area (Å²) in [7, 11) is -3.74. The monoisotopic (exact) mass is 466 g/mol. The second-order valence-corrected chi connectivity index (χ2v) is 8.71. The average Bonchev–Trinajstić information content (AvgIpc) is 2.98. The molecule has 32 heavy (non-hydrogen) atoms. The molecule has 3 rings (SSSR count). The maximum absolute atomic E-state index is 12.6. The molecule has 0 aliphatic rings. The zero-order valence-electron chi connectivity index (χ0n) is 17.5. The van der Waals surface area contributed by atoms with E-state index in [4.69, 9.17) is 0 Å². The zero-order valence-corrected chi connectivity index (χ0v) is 18.3. The number of benzene rings is 2. The predicted octanol–water partition coefficient (Wildman–Crippen LogP) is 4.75. The summed E-state index contributed by atoms with van der Waals surface area (Å²) in [5, 5.41) is 10.2. The molecule has 0 unspecified atom stereocenters. The van der Waals surface area contributed by atoms with Gasteiger partial charge in [-0.25, -0.2) is 0 Å². The van der Waals surface area contributed by atoms with Crippen molar-refractivity contribution in [2.24, 2.45) is 0 Å². The van der Waals surface area contributed by atoms with Gasteiger partial charge < -0.3 is 9.30 Å². The van der Waals surface area contributed by atoms with Gasteiger partial charge >= 0.3 is 6.36 Å². The third kappa shape index (κ3) is 5.15. The number of hydrogen-bond donors (Lipinski definition) is 2. The van der Waals surface area contributed by atoms with Crippen LogP contribution >= 0.6 is 0 Å². The molecular weight excluding hydrogens is 445 g/mol. The van der Waals surface area contributed by atoms with Crippen LogP contribution in [0.4, 0.5) is 18.9 Å². The van der Waals surface area contributed by atoms with Crippen molar-refractivity contribution in [2.75, 3.05) is 4.72 Å². The Morgan fingerprint density at radius 1 is 1.16 bits per heavy atom. The first-order valence-corrected chi connectivity index (χ1v) is 11.1. The fraction of sp³-hybridized carbons (Fsp3) is 0.286. The number of nitriles is 1. The summed E-state index contributed by atoms with van der Waals surface area (Å²) in [6.45, 7) is 5.58. The molecule has 0 aliphatic heterocycles. The largest absolute Gasteiger partial charge is 0.573 e. The summed E-state index contributed by atoms with van der Waals surface area (Å²) in [5.74, 6) is -0.379. The number of aryl methyl sites for hydroxylation is 1. The van der Waals surface area contributed by atoms with Gasteiger partial charge in [0.2, 0.25) is 0 Å². The molecule has 1 aromatic heterocycles. The molecule has 0 spiro atoms. The van der Waals surface area contributed by atoms with Gasteiger partial charge in [0.15, 0.2) is 0 Å². The Labute approximate surface area is 183 Å². The highest BCUT2D eigenvalue weighted by molar-refractivity contribution is 7.90. The predicted molar refractivity (Wildman–Crippen MR) is 115 cm³/mol. The SMILES string of the molecule is CCn1c(-c2ccc(NS(=O)(=O)NC(C)C)cc2)c(C#N)c2ccc(OC(F)(F)F)cc21. The van der Waals surface area contributed by atoms with Crippen LogP contribution in [-0.4, -0.2) is 25.4 Å². The molecular formula is C21H21F3N4O3S. The van der Waals surface area contributed by atoms with Gasteiger partial charge in [-0.2, -0.15) is 18.4 Å². The van der Waals surface area contributed by atoms with Crippen molar-refractivity contribution < 1.29 is 26.3 Å². The number of aromatic nitrogens is 1. The number of nitrogens with one attached hydrogen (secondary N) is 2. The van der Waals surface area contributed by atoms with E-state index in [1.807, 2.05) is 6.92 Å². The van der Waals surface area contributed by atoms with Crippen molar-refractivity contribution in [1.29, 1.82) is 5.26 Å². The minimum absolute atomic E-state index is 0.281. The Bertz CT molecular complexity index is 1270. The number of rotatable bonds is 7. The van der Waals surface area contributed by atoms with Crippen LogP contribution in [0.2, 0.25) is 0 Å². The van der Waals surface area contributed by atoms with E-state index in [-0.39, 0.29) is 11.8 Å². The van der Waals surface area contributed by atoms with E-state index in [0.717, 1.165) is 0 Å². The molecule has 1 heterocycles. The number of anilines is 1. The fourth-order valence-corrected chi connectivity index (χ4v) is 4.59. The van der Waals surface area contributed by atoms with Crippen LogP contribution in [0.3, 0.4) is 0 Å². The number of alkyl halides is 3. The molecule has 0 fully saturated rings. The second kappa shape index (κ2) is 8.72. The topological polar surface area (TPSA) is 96.2 Å². The van der Waals surface area contributed by atoms with Gasteiger partial charge in [0.05, 0.1) is 16.8 Å². The van der Waals surface area contributed by atoms with Gasteiger partial charge in [0.1, 0.15) is 11.8 Å². The van der Waals surface area contributed by atoms with Crippen LogP contribution in [0.15, 0.2) is 42.5 Å². The number of halogens is 3. The molecule has 170 valence electrons. The number of fused-ring (bicyclic) bond motifs is 1. The first-order chi connectivity index (χ1) is 14.9. The van der Waals surface area contributed by atoms with Crippen LogP contribution in [-0.2, 0) is 16.8 Å². The van der Waals surface area contributed by atoms with Gasteiger partial charge in [-0.05, 0) is 50.6 Å². The molecule has 2 N–H and O–H groups in total. The van der Waals surface area contributed by atoms with E-state index in [9.17, 15) is 26.9 Å². The maximum Gasteiger partial charge on any atom is 0.573 e. The number of nitrogens with zero attached hydrogens (tertiary/aromatic N) is 2. The van der Waals surface area contributed by atoms with E-state index in [1.54, 1.807) is 42.7 Å². The van der Waals surface area contributed by atoms with Crippen molar-refractivity contribution in [3.8, 4) is 23.1 Å². The lowest BCUT2D eigenvalue weighted by molar-refractivity contribution is -0.274. The molecule has 3 aromatic rings. The minimum Gasteiger partial charge on any atom is -0.406 e. The summed E-state index contributed by atoms with van der Waals surface area (Å²) < 4.78 is 72.6. The molecule has 11 heteroatoms. The Hall–Kier alpha value is -3.23. The van der Waals surface area contributed by atoms with E-state index in [1.165, 1.54) is 18.2 Å². The quantitative estimate of drug-likeness (QED) is 0.525. The molecule has 0 saturated heterocycles. The molecule has 0 bridgehead atoms. The van der Waals surface area contributed by atoms with Crippen LogP contribution in [0.25, 0.3) is 22.2 Å². The van der Waals surface area contributed by atoms with Crippen molar-refractivity contribution in [2.45, 2.75) is 39.7 Å². The number of hydrogen-bond acceptors (Lipinski definition) is 4. The van der Waals surface area contributed by atoms with Gasteiger partial charge in [-0.15, -0.1) is 13.2 Å². The van der Waals surface area contributed by atoms with Crippen molar-refractivity contribution in [3.05, 3.63) is 48.0 Å². The van der Waals surface area contributed by atoms with Crippen LogP contribution in [0.1, 0.15) is 26.3 Å². The summed E-state index contributed by atoms with van der Waals surface area (Å²) >= 11 is 0. The summed E-state index contributed by atoms with van der Waals surface area (Å²) in [6, 6.07) is 12.1. The van der Waals surface area contributed by atoms with Gasteiger partial charge in [0, 0.05) is 29.7 Å². The Morgan fingerprint density at radius 2 is 1.81 bits per heavy atom. The second-order valence-electron chi connectivity index (χ2n) is 7.26. The molecule has 0 radical (unpaired) electrons. The van der Waals surface area contributed by atoms with E-state index in [0.29, 0.717) is 40.0 Å². The van der Waals surface area contributed by atoms with Crippen LogP contribution in [0, 0.1) is 11.3 Å². The normalized spacial score (nSPS) is 12.2. The van der Waals surface area contributed by atoms with Crippen molar-refractivity contribution in [3.63, 3.8) is 0 Å². The summed E-state index contributed by atoms with van der Waals surface area (Å²) in [4.78, 5) is 0. The number of ether oxygens (including phenoxy) is 1. The average molecular weight is 466 g/mol. The Morgan fingerprint density at radius 3 is 2.34 bits per heavy atom. The maximum atomic E-state index is 12.6. The molecule has 2 aromatic carbocycles. The van der Waals surface area contributed by atoms with Crippen molar-refractivity contribution >= 4 is 26.8 Å². The molecule has 0 saturated carbocycles.